The highest BCUT2D eigenvalue weighted by Crippen LogP contribution is 2.24. The van der Waals surface area contributed by atoms with Crippen molar-refractivity contribution >= 4 is 23.6 Å². The van der Waals surface area contributed by atoms with Gasteiger partial charge in [-0.15, -0.1) is 0 Å². The normalized spacial score (nSPS) is 17.7. The molecule has 27 heavy (non-hydrogen) atoms. The third kappa shape index (κ3) is 6.13. The number of halogens is 1. The van der Waals surface area contributed by atoms with Gasteiger partial charge < -0.3 is 14.5 Å². The molecule has 1 saturated heterocycles. The summed E-state index contributed by atoms with van der Waals surface area (Å²) in [6.45, 7) is 11.1. The van der Waals surface area contributed by atoms with Gasteiger partial charge >= 0.3 is 6.09 Å². The summed E-state index contributed by atoms with van der Waals surface area (Å²) in [5.74, 6) is -0.144. The molecule has 0 unspecified atom stereocenters. The monoisotopic (exact) mass is 394 g/mol. The Labute approximate surface area is 167 Å². The van der Waals surface area contributed by atoms with E-state index in [-0.39, 0.29) is 24.0 Å². The molecule has 1 aliphatic heterocycles. The average molecular weight is 395 g/mol. The van der Waals surface area contributed by atoms with Crippen molar-refractivity contribution in [3.63, 3.8) is 0 Å². The van der Waals surface area contributed by atoms with Gasteiger partial charge in [0.1, 0.15) is 5.60 Å². The number of hydrogen-bond donors (Lipinski definition) is 0. The van der Waals surface area contributed by atoms with Crippen molar-refractivity contribution in [2.75, 3.05) is 13.1 Å². The number of rotatable bonds is 4. The number of likely N-dealkylation sites (tertiary alicyclic amines) is 1. The Morgan fingerprint density at radius 1 is 1.30 bits per heavy atom. The van der Waals surface area contributed by atoms with E-state index in [2.05, 4.69) is 0 Å². The SMILES string of the molecule is CC(C)N(Cc1ccccc1Cl)C(=O)[C@@H]1CCCN(C(=O)OC(C)(C)C)C1. The smallest absolute Gasteiger partial charge is 0.410 e. The van der Waals surface area contributed by atoms with Crippen LogP contribution in [-0.4, -0.2) is 46.5 Å². The summed E-state index contributed by atoms with van der Waals surface area (Å²) in [6, 6.07) is 7.64. The maximum absolute atomic E-state index is 13.2. The molecule has 0 saturated carbocycles. The first-order valence-corrected chi connectivity index (χ1v) is 9.98. The van der Waals surface area contributed by atoms with Gasteiger partial charge in [-0.05, 0) is 59.1 Å². The quantitative estimate of drug-likeness (QED) is 0.742. The van der Waals surface area contributed by atoms with Crippen molar-refractivity contribution in [2.24, 2.45) is 5.92 Å². The first-order chi connectivity index (χ1) is 12.6. The van der Waals surface area contributed by atoms with E-state index in [0.29, 0.717) is 24.7 Å². The standard InChI is InChI=1S/C21H31ClN2O3/c1-15(2)24(14-16-9-6-7-11-18(16)22)19(25)17-10-8-12-23(13-17)20(26)27-21(3,4)5/h6-7,9,11,15,17H,8,10,12-14H2,1-5H3/t17-/m1/s1. The molecule has 0 aliphatic carbocycles. The summed E-state index contributed by atoms with van der Waals surface area (Å²) >= 11 is 6.28. The fourth-order valence-corrected chi connectivity index (χ4v) is 3.43. The Morgan fingerprint density at radius 3 is 2.56 bits per heavy atom. The van der Waals surface area contributed by atoms with Crippen molar-refractivity contribution in [2.45, 2.75) is 65.6 Å². The van der Waals surface area contributed by atoms with E-state index < -0.39 is 5.60 Å². The molecule has 1 fully saturated rings. The summed E-state index contributed by atoms with van der Waals surface area (Å²) in [4.78, 5) is 29.1. The van der Waals surface area contributed by atoms with E-state index in [4.69, 9.17) is 16.3 Å². The molecule has 2 rings (SSSR count). The molecule has 1 heterocycles. The number of carbonyl (C=O) groups excluding carboxylic acids is 2. The van der Waals surface area contributed by atoms with Crippen LogP contribution in [0.4, 0.5) is 4.79 Å². The Kier molecular flexibility index (Phi) is 7.15. The van der Waals surface area contributed by atoms with E-state index in [9.17, 15) is 9.59 Å². The molecule has 0 aromatic heterocycles. The lowest BCUT2D eigenvalue weighted by Crippen LogP contribution is -2.49. The summed E-state index contributed by atoms with van der Waals surface area (Å²) < 4.78 is 5.47. The van der Waals surface area contributed by atoms with Crippen molar-refractivity contribution < 1.29 is 14.3 Å². The largest absolute Gasteiger partial charge is 0.444 e. The second kappa shape index (κ2) is 8.96. The summed E-state index contributed by atoms with van der Waals surface area (Å²) in [7, 11) is 0. The maximum atomic E-state index is 13.2. The zero-order valence-electron chi connectivity index (χ0n) is 17.0. The van der Waals surface area contributed by atoms with Crippen molar-refractivity contribution in [1.82, 2.24) is 9.80 Å². The maximum Gasteiger partial charge on any atom is 0.410 e. The minimum Gasteiger partial charge on any atom is -0.444 e. The zero-order chi connectivity index (χ0) is 20.2. The number of piperidine rings is 1. The minimum atomic E-state index is -0.540. The third-order valence-electron chi connectivity index (χ3n) is 4.63. The average Bonchev–Trinajstić information content (AvgIpc) is 2.59. The molecular weight excluding hydrogens is 364 g/mol. The third-order valence-corrected chi connectivity index (χ3v) is 5.00. The number of benzene rings is 1. The van der Waals surface area contributed by atoms with Crippen LogP contribution in [0.3, 0.4) is 0 Å². The van der Waals surface area contributed by atoms with E-state index in [0.717, 1.165) is 18.4 Å². The number of ether oxygens (including phenoxy) is 1. The Morgan fingerprint density at radius 2 is 1.96 bits per heavy atom. The lowest BCUT2D eigenvalue weighted by atomic mass is 9.96. The van der Waals surface area contributed by atoms with Gasteiger partial charge in [-0.25, -0.2) is 4.79 Å². The van der Waals surface area contributed by atoms with E-state index in [1.807, 2.05) is 63.8 Å². The van der Waals surface area contributed by atoms with Crippen molar-refractivity contribution in [1.29, 1.82) is 0 Å². The molecule has 0 spiro atoms. The van der Waals surface area contributed by atoms with Crippen LogP contribution >= 0.6 is 11.6 Å². The number of nitrogens with zero attached hydrogens (tertiary/aromatic N) is 2. The van der Waals surface area contributed by atoms with Gasteiger partial charge in [-0.2, -0.15) is 0 Å². The Bertz CT molecular complexity index is 670. The van der Waals surface area contributed by atoms with Gasteiger partial charge in [0.15, 0.2) is 0 Å². The number of amides is 2. The molecule has 0 bridgehead atoms. The van der Waals surface area contributed by atoms with Gasteiger partial charge in [-0.1, -0.05) is 29.8 Å². The van der Waals surface area contributed by atoms with Crippen LogP contribution in [0.25, 0.3) is 0 Å². The first kappa shape index (κ1) is 21.5. The number of carbonyl (C=O) groups is 2. The van der Waals surface area contributed by atoms with Gasteiger partial charge in [0.25, 0.3) is 0 Å². The van der Waals surface area contributed by atoms with E-state index in [1.54, 1.807) is 4.90 Å². The Balaban J connectivity index is 2.08. The highest BCUT2D eigenvalue weighted by atomic mass is 35.5. The summed E-state index contributed by atoms with van der Waals surface area (Å²) in [5.41, 5.74) is 0.392. The zero-order valence-corrected chi connectivity index (χ0v) is 17.8. The first-order valence-electron chi connectivity index (χ1n) is 9.60. The van der Waals surface area contributed by atoms with Crippen molar-refractivity contribution in [3.8, 4) is 0 Å². The molecule has 1 aromatic rings. The number of hydrogen-bond acceptors (Lipinski definition) is 3. The molecule has 6 heteroatoms. The van der Waals surface area contributed by atoms with E-state index in [1.165, 1.54) is 0 Å². The van der Waals surface area contributed by atoms with Gasteiger partial charge in [0, 0.05) is 30.7 Å². The van der Waals surface area contributed by atoms with Crippen LogP contribution in [0.1, 0.15) is 53.0 Å². The predicted octanol–water partition coefficient (Wildman–Crippen LogP) is 4.72. The highest BCUT2D eigenvalue weighted by Gasteiger charge is 2.34. The fourth-order valence-electron chi connectivity index (χ4n) is 3.23. The van der Waals surface area contributed by atoms with Crippen molar-refractivity contribution in [3.05, 3.63) is 34.9 Å². The Hall–Kier alpha value is -1.75. The predicted molar refractivity (Wildman–Crippen MR) is 108 cm³/mol. The van der Waals surface area contributed by atoms with Crippen LogP contribution in [0.5, 0.6) is 0 Å². The lowest BCUT2D eigenvalue weighted by Gasteiger charge is -2.37. The van der Waals surface area contributed by atoms with Gasteiger partial charge in [-0.3, -0.25) is 4.79 Å². The minimum absolute atomic E-state index is 0.0469. The second-order valence-corrected chi connectivity index (χ2v) is 8.82. The molecule has 1 aromatic carbocycles. The van der Waals surface area contributed by atoms with Gasteiger partial charge in [0.2, 0.25) is 5.91 Å². The molecule has 1 aliphatic rings. The topological polar surface area (TPSA) is 49.9 Å². The molecule has 5 nitrogen and oxygen atoms in total. The van der Waals surface area contributed by atoms with Crippen LogP contribution < -0.4 is 0 Å². The summed E-state index contributed by atoms with van der Waals surface area (Å²) in [5, 5.41) is 0.662. The van der Waals surface area contributed by atoms with Crippen LogP contribution in [-0.2, 0) is 16.1 Å². The van der Waals surface area contributed by atoms with Gasteiger partial charge in [0.05, 0.1) is 5.92 Å². The second-order valence-electron chi connectivity index (χ2n) is 8.42. The summed E-state index contributed by atoms with van der Waals surface area (Å²) in [6.07, 6.45) is 1.24. The van der Waals surface area contributed by atoms with Crippen LogP contribution in [0.2, 0.25) is 5.02 Å². The molecule has 0 N–H and O–H groups in total. The van der Waals surface area contributed by atoms with Crippen LogP contribution in [0.15, 0.2) is 24.3 Å². The lowest BCUT2D eigenvalue weighted by molar-refractivity contribution is -0.139. The molecule has 2 amide bonds. The fraction of sp³-hybridized carbons (Fsp3) is 0.619. The van der Waals surface area contributed by atoms with E-state index >= 15 is 0 Å². The van der Waals surface area contributed by atoms with Crippen LogP contribution in [0, 0.1) is 5.92 Å². The molecule has 0 radical (unpaired) electrons. The molecule has 150 valence electrons. The molecular formula is C21H31ClN2O3. The highest BCUT2D eigenvalue weighted by molar-refractivity contribution is 6.31. The molecule has 1 atom stereocenters.